The van der Waals surface area contributed by atoms with E-state index in [-0.39, 0.29) is 6.61 Å². The van der Waals surface area contributed by atoms with Gasteiger partial charge in [0, 0.05) is 23.3 Å². The van der Waals surface area contributed by atoms with Crippen LogP contribution in [0, 0.1) is 0 Å². The van der Waals surface area contributed by atoms with Gasteiger partial charge in [0.2, 0.25) is 6.41 Å². The molecule has 4 nitrogen and oxygen atoms in total. The second-order valence-electron chi connectivity index (χ2n) is 2.70. The fourth-order valence-corrected chi connectivity index (χ4v) is 1.36. The van der Waals surface area contributed by atoms with Gasteiger partial charge in [-0.1, -0.05) is 0 Å². The number of aliphatic hydroxyl groups excluding tert-OH is 1. The maximum atomic E-state index is 10.6. The van der Waals surface area contributed by atoms with Crippen LogP contribution in [0.4, 0.5) is 0 Å². The predicted molar refractivity (Wildman–Crippen MR) is 47.8 cm³/mol. The van der Waals surface area contributed by atoms with Gasteiger partial charge in [-0.2, -0.15) is 0 Å². The largest absolute Gasteiger partial charge is 0.392 e. The minimum atomic E-state index is -0.0803. The van der Waals surface area contributed by atoms with E-state index in [0.717, 1.165) is 10.9 Å². The van der Waals surface area contributed by atoms with Crippen molar-refractivity contribution in [1.82, 2.24) is 9.55 Å². The van der Waals surface area contributed by atoms with Crippen molar-refractivity contribution in [3.8, 4) is 0 Å². The van der Waals surface area contributed by atoms with Gasteiger partial charge in [-0.05, 0) is 12.1 Å². The number of rotatable bonds is 2. The SMILES string of the molecule is O=Cn1cc(CO)c2cccnc21. The molecule has 0 saturated carbocycles. The van der Waals surface area contributed by atoms with Crippen molar-refractivity contribution in [2.24, 2.45) is 0 Å². The third kappa shape index (κ3) is 1.11. The zero-order valence-electron chi connectivity index (χ0n) is 6.84. The van der Waals surface area contributed by atoms with Crippen LogP contribution < -0.4 is 0 Å². The number of hydrogen-bond donors (Lipinski definition) is 1. The zero-order valence-corrected chi connectivity index (χ0v) is 6.84. The molecule has 0 unspecified atom stereocenters. The molecule has 2 aromatic heterocycles. The van der Waals surface area contributed by atoms with E-state index in [1.165, 1.54) is 4.57 Å². The lowest BCUT2D eigenvalue weighted by Crippen LogP contribution is -1.92. The van der Waals surface area contributed by atoms with Crippen molar-refractivity contribution in [3.05, 3.63) is 30.1 Å². The Morgan fingerprint density at radius 2 is 2.46 bits per heavy atom. The monoisotopic (exact) mass is 176 g/mol. The minimum absolute atomic E-state index is 0.0803. The van der Waals surface area contributed by atoms with Gasteiger partial charge < -0.3 is 5.11 Å². The molecule has 0 saturated heterocycles. The Morgan fingerprint density at radius 3 is 3.15 bits per heavy atom. The molecule has 2 rings (SSSR count). The molecule has 1 N–H and O–H groups in total. The molecule has 0 amide bonds. The van der Waals surface area contributed by atoms with Gasteiger partial charge in [0.25, 0.3) is 0 Å². The average molecular weight is 176 g/mol. The molecule has 0 aliphatic heterocycles. The number of aliphatic hydroxyl groups is 1. The number of pyridine rings is 1. The Balaban J connectivity index is 2.81. The van der Waals surface area contributed by atoms with Crippen LogP contribution in [0.1, 0.15) is 5.56 Å². The first-order chi connectivity index (χ1) is 6.36. The highest BCUT2D eigenvalue weighted by atomic mass is 16.3. The molecule has 0 spiro atoms. The quantitative estimate of drug-likeness (QED) is 0.680. The Hall–Kier alpha value is -1.68. The smallest absolute Gasteiger partial charge is 0.219 e. The summed E-state index contributed by atoms with van der Waals surface area (Å²) in [5.41, 5.74) is 1.30. The van der Waals surface area contributed by atoms with E-state index >= 15 is 0 Å². The normalized spacial score (nSPS) is 10.5. The third-order valence-electron chi connectivity index (χ3n) is 1.96. The molecule has 0 radical (unpaired) electrons. The first-order valence-corrected chi connectivity index (χ1v) is 3.87. The third-order valence-corrected chi connectivity index (χ3v) is 1.96. The van der Waals surface area contributed by atoms with Crippen LogP contribution in [-0.4, -0.2) is 21.1 Å². The molecule has 13 heavy (non-hydrogen) atoms. The summed E-state index contributed by atoms with van der Waals surface area (Å²) >= 11 is 0. The van der Waals surface area contributed by atoms with Crippen molar-refractivity contribution >= 4 is 17.4 Å². The average Bonchev–Trinajstić information content (AvgIpc) is 2.56. The second kappa shape index (κ2) is 2.99. The van der Waals surface area contributed by atoms with E-state index < -0.39 is 0 Å². The Labute approximate surface area is 74.4 Å². The van der Waals surface area contributed by atoms with Gasteiger partial charge in [0.05, 0.1) is 6.61 Å². The summed E-state index contributed by atoms with van der Waals surface area (Å²) in [6.07, 6.45) is 3.88. The lowest BCUT2D eigenvalue weighted by atomic mass is 10.2. The van der Waals surface area contributed by atoms with Crippen LogP contribution in [0.2, 0.25) is 0 Å². The first-order valence-electron chi connectivity index (χ1n) is 3.87. The first kappa shape index (κ1) is 7.94. The number of hydrogen-bond acceptors (Lipinski definition) is 3. The van der Waals surface area contributed by atoms with Crippen LogP contribution in [0.25, 0.3) is 11.0 Å². The van der Waals surface area contributed by atoms with Crippen molar-refractivity contribution in [2.45, 2.75) is 6.61 Å². The molecule has 0 fully saturated rings. The molecule has 0 atom stereocenters. The molecule has 2 heterocycles. The number of fused-ring (bicyclic) bond motifs is 1. The number of carbonyl (C=O) groups excluding carboxylic acids is 1. The molecule has 66 valence electrons. The van der Waals surface area contributed by atoms with E-state index in [0.29, 0.717) is 12.1 Å². The summed E-state index contributed by atoms with van der Waals surface area (Å²) in [6, 6.07) is 3.60. The molecule has 2 aromatic rings. The van der Waals surface area contributed by atoms with E-state index in [2.05, 4.69) is 4.98 Å². The van der Waals surface area contributed by atoms with E-state index in [9.17, 15) is 4.79 Å². The van der Waals surface area contributed by atoms with Crippen LogP contribution in [0.15, 0.2) is 24.5 Å². The lowest BCUT2D eigenvalue weighted by molar-refractivity contribution is 0.283. The van der Waals surface area contributed by atoms with Gasteiger partial charge in [-0.25, -0.2) is 4.98 Å². The molecule has 0 aliphatic rings. The van der Waals surface area contributed by atoms with Crippen molar-refractivity contribution in [3.63, 3.8) is 0 Å². The van der Waals surface area contributed by atoms with E-state index in [1.54, 1.807) is 18.5 Å². The van der Waals surface area contributed by atoms with Crippen molar-refractivity contribution < 1.29 is 9.90 Å². The highest BCUT2D eigenvalue weighted by Crippen LogP contribution is 2.17. The number of aromatic nitrogens is 2. The van der Waals surface area contributed by atoms with Gasteiger partial charge in [-0.3, -0.25) is 9.36 Å². The van der Waals surface area contributed by atoms with Crippen molar-refractivity contribution in [2.75, 3.05) is 0 Å². The van der Waals surface area contributed by atoms with E-state index in [1.807, 2.05) is 6.07 Å². The lowest BCUT2D eigenvalue weighted by Gasteiger charge is -1.91. The maximum Gasteiger partial charge on any atom is 0.219 e. The van der Waals surface area contributed by atoms with Crippen molar-refractivity contribution in [1.29, 1.82) is 0 Å². The van der Waals surface area contributed by atoms with Gasteiger partial charge in [0.15, 0.2) is 0 Å². The predicted octanol–water partition coefficient (Wildman–Crippen LogP) is 0.567. The number of nitrogens with zero attached hydrogens (tertiary/aromatic N) is 2. The highest BCUT2D eigenvalue weighted by molar-refractivity contribution is 5.85. The Kier molecular flexibility index (Phi) is 1.83. The topological polar surface area (TPSA) is 55.1 Å². The molecule has 4 heteroatoms. The van der Waals surface area contributed by atoms with E-state index in [4.69, 9.17) is 5.11 Å². The fraction of sp³-hybridized carbons (Fsp3) is 0.111. The van der Waals surface area contributed by atoms with Crippen LogP contribution >= 0.6 is 0 Å². The summed E-state index contributed by atoms with van der Waals surface area (Å²) in [7, 11) is 0. The summed E-state index contributed by atoms with van der Waals surface area (Å²) in [5.74, 6) is 0. The van der Waals surface area contributed by atoms with Gasteiger partial charge in [0.1, 0.15) is 5.65 Å². The molecule has 0 bridgehead atoms. The second-order valence-corrected chi connectivity index (χ2v) is 2.70. The standard InChI is InChI=1S/C9H8N2O2/c12-5-7-4-11(6-13)9-8(7)2-1-3-10-9/h1-4,6,12H,5H2. The summed E-state index contributed by atoms with van der Waals surface area (Å²) < 4.78 is 1.36. The van der Waals surface area contributed by atoms with Crippen LogP contribution in [0.5, 0.6) is 0 Å². The van der Waals surface area contributed by atoms with Crippen LogP contribution in [0.3, 0.4) is 0 Å². The maximum absolute atomic E-state index is 10.6. The molecule has 0 aromatic carbocycles. The number of carbonyl (C=O) groups is 1. The Morgan fingerprint density at radius 1 is 1.62 bits per heavy atom. The fourth-order valence-electron chi connectivity index (χ4n) is 1.36. The minimum Gasteiger partial charge on any atom is -0.392 e. The molecule has 0 aliphatic carbocycles. The van der Waals surface area contributed by atoms with Gasteiger partial charge >= 0.3 is 0 Å². The van der Waals surface area contributed by atoms with Crippen LogP contribution in [-0.2, 0) is 11.4 Å². The zero-order chi connectivity index (χ0) is 9.26. The Bertz CT molecular complexity index is 448. The summed E-state index contributed by atoms with van der Waals surface area (Å²) in [5, 5.41) is 9.80. The highest BCUT2D eigenvalue weighted by Gasteiger charge is 2.06. The summed E-state index contributed by atoms with van der Waals surface area (Å²) in [6.45, 7) is -0.0803. The van der Waals surface area contributed by atoms with Gasteiger partial charge in [-0.15, -0.1) is 0 Å². The molecular formula is C9H8N2O2. The molecular weight excluding hydrogens is 168 g/mol. The summed E-state index contributed by atoms with van der Waals surface area (Å²) in [4.78, 5) is 14.6.